The zero-order valence-electron chi connectivity index (χ0n) is 9.67. The quantitative estimate of drug-likeness (QED) is 0.825. The van der Waals surface area contributed by atoms with Crippen molar-refractivity contribution in [1.29, 1.82) is 0 Å². The zero-order chi connectivity index (χ0) is 14.5. The molecule has 0 aromatic heterocycles. The van der Waals surface area contributed by atoms with Gasteiger partial charge in [-0.3, -0.25) is 0 Å². The molecule has 0 bridgehead atoms. The summed E-state index contributed by atoms with van der Waals surface area (Å²) >= 11 is 3.41. The van der Waals surface area contributed by atoms with E-state index < -0.39 is 12.1 Å². The first-order chi connectivity index (χ1) is 8.79. The average Bonchev–Trinajstić information content (AvgIpc) is 2.25. The van der Waals surface area contributed by atoms with E-state index in [4.69, 9.17) is 9.90 Å². The molecule has 1 aliphatic rings. The van der Waals surface area contributed by atoms with Gasteiger partial charge in [0.15, 0.2) is 0 Å². The van der Waals surface area contributed by atoms with Crippen LogP contribution in [0.5, 0.6) is 0 Å². The lowest BCUT2D eigenvalue weighted by Gasteiger charge is -2.19. The SMILES string of the molecule is Brc1ccc(C=C2CCN2)cc1.O=C(O)C(F)(F)F. The molecule has 1 aliphatic heterocycles. The summed E-state index contributed by atoms with van der Waals surface area (Å²) in [6.45, 7) is 1.13. The number of carbonyl (C=O) groups is 1. The molecule has 1 fully saturated rings. The second-order valence-corrected chi connectivity index (χ2v) is 4.62. The number of alkyl halides is 3. The third-order valence-electron chi connectivity index (χ3n) is 2.20. The van der Waals surface area contributed by atoms with Gasteiger partial charge in [0.1, 0.15) is 0 Å². The van der Waals surface area contributed by atoms with Crippen LogP contribution in [0.2, 0.25) is 0 Å². The van der Waals surface area contributed by atoms with Gasteiger partial charge < -0.3 is 10.4 Å². The summed E-state index contributed by atoms with van der Waals surface area (Å²) in [6, 6.07) is 8.34. The molecular formula is C12H11BrF3NO2. The molecule has 104 valence electrons. The highest BCUT2D eigenvalue weighted by Crippen LogP contribution is 2.15. The summed E-state index contributed by atoms with van der Waals surface area (Å²) < 4.78 is 32.9. The third-order valence-corrected chi connectivity index (χ3v) is 2.73. The van der Waals surface area contributed by atoms with Gasteiger partial charge in [-0.25, -0.2) is 4.79 Å². The summed E-state index contributed by atoms with van der Waals surface area (Å²) in [4.78, 5) is 8.90. The maximum atomic E-state index is 10.6. The molecule has 2 rings (SSSR count). The molecule has 19 heavy (non-hydrogen) atoms. The Balaban J connectivity index is 0.000000224. The standard InChI is InChI=1S/C10H10BrN.C2HF3O2/c11-9-3-1-8(2-4-9)7-10-5-6-12-10;3-2(4,5)1(6)7/h1-4,7,12H,5-6H2;(H,6,7). The van der Waals surface area contributed by atoms with E-state index >= 15 is 0 Å². The van der Waals surface area contributed by atoms with Crippen molar-refractivity contribution in [3.63, 3.8) is 0 Å². The van der Waals surface area contributed by atoms with Gasteiger partial charge in [0, 0.05) is 23.1 Å². The van der Waals surface area contributed by atoms with Crippen molar-refractivity contribution in [2.24, 2.45) is 0 Å². The molecule has 0 aliphatic carbocycles. The Hall–Kier alpha value is -1.50. The molecule has 3 nitrogen and oxygen atoms in total. The lowest BCUT2D eigenvalue weighted by atomic mass is 10.1. The smallest absolute Gasteiger partial charge is 0.475 e. The fourth-order valence-electron chi connectivity index (χ4n) is 1.15. The van der Waals surface area contributed by atoms with E-state index in [1.165, 1.54) is 17.7 Å². The molecule has 0 unspecified atom stereocenters. The van der Waals surface area contributed by atoms with Crippen LogP contribution in [-0.2, 0) is 4.79 Å². The first-order valence-corrected chi connectivity index (χ1v) is 6.08. The van der Waals surface area contributed by atoms with E-state index in [0.29, 0.717) is 0 Å². The van der Waals surface area contributed by atoms with Gasteiger partial charge >= 0.3 is 12.1 Å². The van der Waals surface area contributed by atoms with Crippen molar-refractivity contribution in [3.05, 3.63) is 40.0 Å². The van der Waals surface area contributed by atoms with Crippen molar-refractivity contribution in [3.8, 4) is 0 Å². The Morgan fingerprint density at radius 2 is 1.79 bits per heavy atom. The molecule has 0 amide bonds. The highest BCUT2D eigenvalue weighted by Gasteiger charge is 2.38. The Morgan fingerprint density at radius 3 is 2.11 bits per heavy atom. The lowest BCUT2D eigenvalue weighted by molar-refractivity contribution is -0.192. The van der Waals surface area contributed by atoms with Crippen molar-refractivity contribution < 1.29 is 23.1 Å². The van der Waals surface area contributed by atoms with Crippen LogP contribution in [0.3, 0.4) is 0 Å². The van der Waals surface area contributed by atoms with Crippen LogP contribution in [0.4, 0.5) is 13.2 Å². The lowest BCUT2D eigenvalue weighted by Crippen LogP contribution is -2.27. The van der Waals surface area contributed by atoms with Crippen LogP contribution in [-0.4, -0.2) is 23.8 Å². The van der Waals surface area contributed by atoms with Crippen LogP contribution >= 0.6 is 15.9 Å². The second-order valence-electron chi connectivity index (χ2n) is 3.70. The van der Waals surface area contributed by atoms with E-state index in [-0.39, 0.29) is 0 Å². The summed E-state index contributed by atoms with van der Waals surface area (Å²) in [5.41, 5.74) is 2.61. The van der Waals surface area contributed by atoms with Gasteiger partial charge in [0.05, 0.1) is 0 Å². The monoisotopic (exact) mass is 337 g/mol. The molecule has 2 N–H and O–H groups in total. The van der Waals surface area contributed by atoms with E-state index in [1.807, 2.05) is 0 Å². The average molecular weight is 338 g/mol. The molecule has 0 saturated carbocycles. The van der Waals surface area contributed by atoms with Gasteiger partial charge in [0.25, 0.3) is 0 Å². The third kappa shape index (κ3) is 5.78. The molecule has 0 atom stereocenters. The van der Waals surface area contributed by atoms with E-state index in [2.05, 4.69) is 51.6 Å². The maximum absolute atomic E-state index is 10.6. The number of hydrogen-bond donors (Lipinski definition) is 2. The van der Waals surface area contributed by atoms with Crippen LogP contribution in [0, 0.1) is 0 Å². The first-order valence-electron chi connectivity index (χ1n) is 5.29. The highest BCUT2D eigenvalue weighted by molar-refractivity contribution is 9.10. The van der Waals surface area contributed by atoms with Crippen LogP contribution in [0.15, 0.2) is 34.4 Å². The van der Waals surface area contributed by atoms with Crippen molar-refractivity contribution in [1.82, 2.24) is 5.32 Å². The number of rotatable bonds is 1. The fraction of sp³-hybridized carbons (Fsp3) is 0.250. The summed E-state index contributed by atoms with van der Waals surface area (Å²) in [5.74, 6) is -2.76. The molecule has 0 radical (unpaired) electrons. The van der Waals surface area contributed by atoms with Gasteiger partial charge in [0.2, 0.25) is 0 Å². The number of carboxylic acid groups (broad SMARTS) is 1. The number of nitrogens with one attached hydrogen (secondary N) is 1. The summed E-state index contributed by atoms with van der Waals surface area (Å²) in [6.07, 6.45) is -1.70. The van der Waals surface area contributed by atoms with Gasteiger partial charge in [-0.2, -0.15) is 13.2 Å². The molecule has 1 saturated heterocycles. The highest BCUT2D eigenvalue weighted by atomic mass is 79.9. The summed E-state index contributed by atoms with van der Waals surface area (Å²) in [5, 5.41) is 10.4. The first kappa shape index (κ1) is 15.6. The normalized spacial score (nSPS) is 15.9. The minimum Gasteiger partial charge on any atom is -0.475 e. The van der Waals surface area contributed by atoms with E-state index in [1.54, 1.807) is 0 Å². The molecule has 1 aromatic rings. The van der Waals surface area contributed by atoms with Crippen LogP contribution in [0.1, 0.15) is 12.0 Å². The summed E-state index contributed by atoms with van der Waals surface area (Å²) in [7, 11) is 0. The molecule has 0 spiro atoms. The van der Waals surface area contributed by atoms with Gasteiger partial charge in [-0.1, -0.05) is 28.1 Å². The molecule has 1 heterocycles. The number of carboxylic acids is 1. The Bertz CT molecular complexity index is 463. The predicted octanol–water partition coefficient (Wildman–Crippen LogP) is 3.42. The van der Waals surface area contributed by atoms with Gasteiger partial charge in [-0.05, 0) is 23.8 Å². The van der Waals surface area contributed by atoms with Crippen molar-refractivity contribution in [2.75, 3.05) is 6.54 Å². The Labute approximate surface area is 116 Å². The van der Waals surface area contributed by atoms with Crippen LogP contribution in [0.25, 0.3) is 6.08 Å². The second kappa shape index (κ2) is 6.60. The molecular weight excluding hydrogens is 327 g/mol. The number of benzene rings is 1. The molecule has 1 aromatic carbocycles. The Kier molecular flexibility index (Phi) is 5.41. The number of aliphatic carboxylic acids is 1. The minimum atomic E-state index is -5.08. The van der Waals surface area contributed by atoms with Crippen molar-refractivity contribution >= 4 is 28.0 Å². The Morgan fingerprint density at radius 1 is 1.32 bits per heavy atom. The zero-order valence-corrected chi connectivity index (χ0v) is 11.3. The predicted molar refractivity (Wildman–Crippen MR) is 68.4 cm³/mol. The largest absolute Gasteiger partial charge is 0.490 e. The van der Waals surface area contributed by atoms with Crippen molar-refractivity contribution in [2.45, 2.75) is 12.6 Å². The number of halogens is 4. The molecule has 7 heteroatoms. The number of hydrogen-bond acceptors (Lipinski definition) is 2. The minimum absolute atomic E-state index is 1.13. The van der Waals surface area contributed by atoms with Gasteiger partial charge in [-0.15, -0.1) is 0 Å². The van der Waals surface area contributed by atoms with Crippen LogP contribution < -0.4 is 5.32 Å². The van der Waals surface area contributed by atoms with E-state index in [9.17, 15) is 13.2 Å². The fourth-order valence-corrected chi connectivity index (χ4v) is 1.42. The van der Waals surface area contributed by atoms with E-state index in [0.717, 1.165) is 11.0 Å². The topological polar surface area (TPSA) is 49.3 Å². The maximum Gasteiger partial charge on any atom is 0.490 e.